The van der Waals surface area contributed by atoms with E-state index in [1.807, 2.05) is 66.7 Å². The predicted octanol–water partition coefficient (Wildman–Crippen LogP) is 6.02. The molecule has 0 aliphatic carbocycles. The summed E-state index contributed by atoms with van der Waals surface area (Å²) < 4.78 is 30.0. The van der Waals surface area contributed by atoms with Crippen LogP contribution in [0.4, 0.5) is 14.9 Å². The summed E-state index contributed by atoms with van der Waals surface area (Å²) in [5.41, 5.74) is 4.16. The van der Waals surface area contributed by atoms with Gasteiger partial charge in [0.25, 0.3) is 0 Å². The van der Waals surface area contributed by atoms with E-state index in [0.717, 1.165) is 22.0 Å². The summed E-state index contributed by atoms with van der Waals surface area (Å²) in [6.45, 7) is 14.6. The fourth-order valence-corrected chi connectivity index (χ4v) is 6.73. The SMILES string of the molecule is Cc1ccnc(C(C)C)c1-n1c(=O)c2c(c3cc(F)c(-c4c(C)ccc5[nH]ncc45)nc31)N1CCN(C(=O)OC(C)(C)C)C[C@@H]1CO2. The molecular formula is C35H38FN7O4. The van der Waals surface area contributed by atoms with E-state index in [1.54, 1.807) is 17.3 Å². The summed E-state index contributed by atoms with van der Waals surface area (Å²) in [6, 6.07) is 6.82. The van der Waals surface area contributed by atoms with Crippen molar-refractivity contribution in [3.8, 4) is 22.7 Å². The Morgan fingerprint density at radius 3 is 2.64 bits per heavy atom. The van der Waals surface area contributed by atoms with E-state index in [1.165, 1.54) is 10.6 Å². The third kappa shape index (κ3) is 5.06. The molecule has 1 atom stereocenters. The van der Waals surface area contributed by atoms with Gasteiger partial charge in [0.2, 0.25) is 5.75 Å². The van der Waals surface area contributed by atoms with Gasteiger partial charge in [-0.05, 0) is 69.9 Å². The lowest BCUT2D eigenvalue weighted by molar-refractivity contribution is 0.0194. The number of anilines is 1. The van der Waals surface area contributed by atoms with Gasteiger partial charge in [0, 0.05) is 42.2 Å². The highest BCUT2D eigenvalue weighted by Gasteiger charge is 2.40. The number of piperazine rings is 1. The number of aryl methyl sites for hydroxylation is 2. The number of hydrogen-bond acceptors (Lipinski definition) is 8. The Morgan fingerprint density at radius 2 is 1.89 bits per heavy atom. The summed E-state index contributed by atoms with van der Waals surface area (Å²) in [4.78, 5) is 41.0. The molecule has 1 fully saturated rings. The Labute approximate surface area is 271 Å². The first-order chi connectivity index (χ1) is 22.3. The fourth-order valence-electron chi connectivity index (χ4n) is 6.73. The smallest absolute Gasteiger partial charge is 0.410 e. The van der Waals surface area contributed by atoms with Crippen LogP contribution in [0.15, 0.2) is 41.5 Å². The Bertz CT molecular complexity index is 2130. The van der Waals surface area contributed by atoms with Crippen LogP contribution < -0.4 is 15.2 Å². The Kier molecular flexibility index (Phi) is 7.21. The number of hydrogen-bond donors (Lipinski definition) is 1. The molecule has 6 heterocycles. The van der Waals surface area contributed by atoms with Crippen molar-refractivity contribution in [3.63, 3.8) is 0 Å². The number of rotatable bonds is 3. The Balaban J connectivity index is 1.48. The molecule has 1 N–H and O–H groups in total. The number of aromatic amines is 1. The van der Waals surface area contributed by atoms with E-state index >= 15 is 4.39 Å². The monoisotopic (exact) mass is 639 g/mol. The zero-order chi connectivity index (χ0) is 33.4. The number of pyridine rings is 3. The van der Waals surface area contributed by atoms with Crippen molar-refractivity contribution in [3.05, 3.63) is 69.7 Å². The van der Waals surface area contributed by atoms with Crippen LogP contribution in [0.5, 0.6) is 5.75 Å². The molecule has 2 aliphatic rings. The van der Waals surface area contributed by atoms with Crippen LogP contribution in [-0.2, 0) is 4.74 Å². The fraction of sp³-hybridized carbons (Fsp3) is 0.400. The molecule has 1 saturated heterocycles. The molecule has 11 nitrogen and oxygen atoms in total. The normalized spacial score (nSPS) is 16.4. The number of ether oxygens (including phenoxy) is 2. The summed E-state index contributed by atoms with van der Waals surface area (Å²) in [5, 5.41) is 8.31. The maximum absolute atomic E-state index is 16.5. The van der Waals surface area contributed by atoms with Gasteiger partial charge >= 0.3 is 11.7 Å². The number of aromatic nitrogens is 5. The number of nitrogens with one attached hydrogen (secondary N) is 1. The molecule has 7 rings (SSSR count). The van der Waals surface area contributed by atoms with Gasteiger partial charge in [0.1, 0.15) is 23.7 Å². The van der Waals surface area contributed by atoms with E-state index in [2.05, 4.69) is 20.1 Å². The third-order valence-electron chi connectivity index (χ3n) is 8.87. The van der Waals surface area contributed by atoms with E-state index in [-0.39, 0.29) is 30.0 Å². The lowest BCUT2D eigenvalue weighted by Gasteiger charge is -2.45. The molecule has 0 unspecified atom stereocenters. The average molecular weight is 640 g/mol. The van der Waals surface area contributed by atoms with Crippen LogP contribution in [0.1, 0.15) is 57.4 Å². The largest absolute Gasteiger partial charge is 0.484 e. The number of carbonyl (C=O) groups excluding carboxylic acids is 1. The minimum atomic E-state index is -0.634. The summed E-state index contributed by atoms with van der Waals surface area (Å²) in [5.74, 6) is -0.432. The summed E-state index contributed by atoms with van der Waals surface area (Å²) in [6.07, 6.45) is 2.98. The number of H-pyrrole nitrogens is 1. The van der Waals surface area contributed by atoms with Crippen LogP contribution in [0.25, 0.3) is 38.9 Å². The molecule has 12 heteroatoms. The predicted molar refractivity (Wildman–Crippen MR) is 178 cm³/mol. The van der Waals surface area contributed by atoms with Gasteiger partial charge in [-0.25, -0.2) is 14.2 Å². The number of benzene rings is 1. The van der Waals surface area contributed by atoms with Gasteiger partial charge in [0.15, 0.2) is 5.65 Å². The van der Waals surface area contributed by atoms with Crippen LogP contribution in [0.3, 0.4) is 0 Å². The molecule has 0 bridgehead atoms. The van der Waals surface area contributed by atoms with E-state index < -0.39 is 23.1 Å². The van der Waals surface area contributed by atoms with Crippen molar-refractivity contribution in [1.29, 1.82) is 0 Å². The Hall–Kier alpha value is -5.00. The highest BCUT2D eigenvalue weighted by molar-refractivity contribution is 6.00. The number of fused-ring (bicyclic) bond motifs is 6. The molecular weight excluding hydrogens is 601 g/mol. The van der Waals surface area contributed by atoms with E-state index in [9.17, 15) is 9.59 Å². The van der Waals surface area contributed by atoms with Crippen molar-refractivity contribution < 1.29 is 18.7 Å². The van der Waals surface area contributed by atoms with E-state index in [4.69, 9.17) is 14.5 Å². The van der Waals surface area contributed by atoms with Gasteiger partial charge in [-0.3, -0.25) is 19.4 Å². The highest BCUT2D eigenvalue weighted by atomic mass is 19.1. The number of amides is 1. The zero-order valence-corrected chi connectivity index (χ0v) is 27.6. The molecule has 5 aromatic rings. The average Bonchev–Trinajstić information content (AvgIpc) is 3.49. The second-order valence-electron chi connectivity index (χ2n) is 13.7. The quantitative estimate of drug-likeness (QED) is 0.255. The molecule has 47 heavy (non-hydrogen) atoms. The second-order valence-corrected chi connectivity index (χ2v) is 13.7. The minimum absolute atomic E-state index is 0.0176. The molecule has 1 amide bonds. The van der Waals surface area contributed by atoms with Crippen LogP contribution in [-0.4, -0.2) is 73.6 Å². The maximum Gasteiger partial charge on any atom is 0.410 e. The van der Waals surface area contributed by atoms with Crippen LogP contribution in [0, 0.1) is 19.7 Å². The van der Waals surface area contributed by atoms with E-state index in [0.29, 0.717) is 53.3 Å². The molecule has 4 aromatic heterocycles. The highest BCUT2D eigenvalue weighted by Crippen LogP contribution is 2.42. The summed E-state index contributed by atoms with van der Waals surface area (Å²) >= 11 is 0. The van der Waals surface area contributed by atoms with Crippen molar-refractivity contribution in [2.24, 2.45) is 0 Å². The number of carbonyl (C=O) groups is 1. The lowest BCUT2D eigenvalue weighted by Crippen LogP contribution is -2.59. The third-order valence-corrected chi connectivity index (χ3v) is 8.87. The lowest BCUT2D eigenvalue weighted by atomic mass is 9.99. The van der Waals surface area contributed by atoms with Crippen LogP contribution in [0.2, 0.25) is 0 Å². The topological polar surface area (TPSA) is 118 Å². The number of nitrogens with zero attached hydrogens (tertiary/aromatic N) is 6. The van der Waals surface area contributed by atoms with Gasteiger partial charge in [0.05, 0.1) is 34.8 Å². The molecule has 2 aliphatic heterocycles. The second kappa shape index (κ2) is 11.1. The van der Waals surface area contributed by atoms with Crippen molar-refractivity contribution in [1.82, 2.24) is 29.6 Å². The van der Waals surface area contributed by atoms with Gasteiger partial charge < -0.3 is 19.3 Å². The van der Waals surface area contributed by atoms with Gasteiger partial charge in [-0.15, -0.1) is 0 Å². The molecule has 1 aromatic carbocycles. The Morgan fingerprint density at radius 1 is 1.11 bits per heavy atom. The first-order valence-corrected chi connectivity index (χ1v) is 15.9. The standard InChI is InChI=1S/C35H38FN7O4/c1-18(2)27-29(20(4)10-11-37-27)43-32-22(14-24(36)28(39-32)26-19(3)8-9-25-23(26)15-38-40-25)30-31(33(43)44)46-17-21-16-41(12-13-42(21)30)34(45)47-35(5,6)7/h8-11,14-15,18,21H,12-13,16-17H2,1-7H3,(H,38,40)/t21-/m1/s1. The molecule has 244 valence electrons. The number of halogens is 1. The van der Waals surface area contributed by atoms with Crippen molar-refractivity contribution in [2.75, 3.05) is 31.1 Å². The first-order valence-electron chi connectivity index (χ1n) is 15.9. The molecule has 0 radical (unpaired) electrons. The van der Waals surface area contributed by atoms with Gasteiger partial charge in [-0.2, -0.15) is 5.10 Å². The molecule has 0 saturated carbocycles. The zero-order valence-electron chi connectivity index (χ0n) is 27.6. The van der Waals surface area contributed by atoms with Crippen LogP contribution >= 0.6 is 0 Å². The molecule has 0 spiro atoms. The minimum Gasteiger partial charge on any atom is -0.484 e. The van der Waals surface area contributed by atoms with Gasteiger partial charge in [-0.1, -0.05) is 19.9 Å². The maximum atomic E-state index is 16.5. The van der Waals surface area contributed by atoms with Crippen molar-refractivity contribution in [2.45, 2.75) is 66.0 Å². The first kappa shape index (κ1) is 30.6. The van der Waals surface area contributed by atoms with Crippen molar-refractivity contribution >= 4 is 33.7 Å². The summed E-state index contributed by atoms with van der Waals surface area (Å²) in [7, 11) is 0.